The van der Waals surface area contributed by atoms with E-state index in [1.807, 2.05) is 36.9 Å². The Morgan fingerprint density at radius 1 is 1.27 bits per heavy atom. The number of hydrogen-bond donors (Lipinski definition) is 1. The van der Waals surface area contributed by atoms with E-state index < -0.39 is 4.92 Å². The van der Waals surface area contributed by atoms with Crippen molar-refractivity contribution in [1.29, 1.82) is 0 Å². The zero-order valence-corrected chi connectivity index (χ0v) is 15.2. The molecule has 0 aromatic heterocycles. The maximum atomic E-state index is 12.4. The second-order valence-electron chi connectivity index (χ2n) is 5.98. The predicted molar refractivity (Wildman–Crippen MR) is 100 cm³/mol. The molecule has 0 aliphatic rings. The molecule has 0 heterocycles. The van der Waals surface area contributed by atoms with Crippen LogP contribution in [0.15, 0.2) is 42.5 Å². The highest BCUT2D eigenvalue weighted by molar-refractivity contribution is 5.93. The lowest BCUT2D eigenvalue weighted by Crippen LogP contribution is -2.32. The molecular weight excluding hydrogens is 334 g/mol. The number of anilines is 1. The first-order valence-corrected chi connectivity index (χ1v) is 8.33. The topological polar surface area (TPSA) is 84.7 Å². The molecule has 0 atom stereocenters. The first kappa shape index (κ1) is 19.4. The molecule has 7 nitrogen and oxygen atoms in total. The molecule has 0 spiro atoms. The van der Waals surface area contributed by atoms with Crippen molar-refractivity contribution in [2.75, 3.05) is 25.5 Å². The van der Waals surface area contributed by atoms with Gasteiger partial charge >= 0.3 is 0 Å². The largest absolute Gasteiger partial charge is 0.494 e. The first-order valence-electron chi connectivity index (χ1n) is 8.33. The van der Waals surface area contributed by atoms with Crippen molar-refractivity contribution in [2.24, 2.45) is 0 Å². The van der Waals surface area contributed by atoms with Gasteiger partial charge in [-0.15, -0.1) is 0 Å². The van der Waals surface area contributed by atoms with Crippen LogP contribution >= 0.6 is 0 Å². The molecule has 0 bridgehead atoms. The smallest absolute Gasteiger partial charge is 0.273 e. The molecule has 7 heteroatoms. The third kappa shape index (κ3) is 5.29. The van der Waals surface area contributed by atoms with E-state index in [2.05, 4.69) is 11.4 Å². The fraction of sp³-hybridized carbons (Fsp3) is 0.316. The summed E-state index contributed by atoms with van der Waals surface area (Å²) >= 11 is 0. The van der Waals surface area contributed by atoms with Gasteiger partial charge in [0.05, 0.1) is 30.3 Å². The number of benzene rings is 2. The zero-order valence-electron chi connectivity index (χ0n) is 15.2. The zero-order chi connectivity index (χ0) is 19.1. The summed E-state index contributed by atoms with van der Waals surface area (Å²) in [4.78, 5) is 24.7. The summed E-state index contributed by atoms with van der Waals surface area (Å²) in [5.41, 5.74) is 2.65. The number of hydrogen-bond acceptors (Lipinski definition) is 5. The number of ether oxygens (including phenoxy) is 1. The highest BCUT2D eigenvalue weighted by atomic mass is 16.6. The third-order valence-electron chi connectivity index (χ3n) is 3.97. The quantitative estimate of drug-likeness (QED) is 0.578. The van der Waals surface area contributed by atoms with Gasteiger partial charge in [0, 0.05) is 12.6 Å². The molecule has 0 aliphatic carbocycles. The average Bonchev–Trinajstić information content (AvgIpc) is 2.61. The van der Waals surface area contributed by atoms with Crippen LogP contribution in [0.2, 0.25) is 0 Å². The molecule has 138 valence electrons. The maximum Gasteiger partial charge on any atom is 0.273 e. The SMILES string of the molecule is CCN(CC(=O)Nc1ccc([N+](=O)[O-])cc1OC)Cc1cccc(C)c1. The van der Waals surface area contributed by atoms with Crippen molar-refractivity contribution in [1.82, 2.24) is 4.90 Å². The number of methoxy groups -OCH3 is 1. The number of nitro groups is 1. The molecular formula is C19H23N3O4. The Bertz CT molecular complexity index is 792. The van der Waals surface area contributed by atoms with Crippen molar-refractivity contribution in [3.8, 4) is 5.75 Å². The second-order valence-corrected chi connectivity index (χ2v) is 5.98. The molecule has 26 heavy (non-hydrogen) atoms. The van der Waals surface area contributed by atoms with Gasteiger partial charge in [-0.25, -0.2) is 0 Å². The van der Waals surface area contributed by atoms with Crippen LogP contribution in [-0.2, 0) is 11.3 Å². The second kappa shape index (κ2) is 8.96. The number of nitrogens with zero attached hydrogens (tertiary/aromatic N) is 2. The summed E-state index contributed by atoms with van der Waals surface area (Å²) in [6.45, 7) is 5.63. The van der Waals surface area contributed by atoms with Gasteiger partial charge in [-0.05, 0) is 25.1 Å². The number of nitro benzene ring substituents is 1. The van der Waals surface area contributed by atoms with Crippen LogP contribution in [0.25, 0.3) is 0 Å². The Kier molecular flexibility index (Phi) is 6.68. The minimum Gasteiger partial charge on any atom is -0.494 e. The molecule has 1 amide bonds. The van der Waals surface area contributed by atoms with Crippen molar-refractivity contribution in [3.63, 3.8) is 0 Å². The van der Waals surface area contributed by atoms with Crippen LogP contribution in [0, 0.1) is 17.0 Å². The molecule has 2 aromatic rings. The molecule has 0 saturated carbocycles. The number of carbonyl (C=O) groups excluding carboxylic acids is 1. The van der Waals surface area contributed by atoms with E-state index >= 15 is 0 Å². The van der Waals surface area contributed by atoms with Crippen LogP contribution < -0.4 is 10.1 Å². The van der Waals surface area contributed by atoms with Gasteiger partial charge in [0.15, 0.2) is 0 Å². The van der Waals surface area contributed by atoms with Crippen LogP contribution in [0.3, 0.4) is 0 Å². The molecule has 2 aromatic carbocycles. The van der Waals surface area contributed by atoms with E-state index in [1.54, 1.807) is 0 Å². The monoisotopic (exact) mass is 357 g/mol. The average molecular weight is 357 g/mol. The lowest BCUT2D eigenvalue weighted by Gasteiger charge is -2.20. The summed E-state index contributed by atoms with van der Waals surface area (Å²) in [7, 11) is 1.41. The highest BCUT2D eigenvalue weighted by Gasteiger charge is 2.15. The number of carbonyl (C=O) groups is 1. The molecule has 0 unspecified atom stereocenters. The van der Waals surface area contributed by atoms with E-state index in [0.29, 0.717) is 12.2 Å². The fourth-order valence-electron chi connectivity index (χ4n) is 2.64. The first-order chi connectivity index (χ1) is 12.4. The van der Waals surface area contributed by atoms with E-state index in [0.717, 1.165) is 12.1 Å². The van der Waals surface area contributed by atoms with E-state index in [-0.39, 0.29) is 23.9 Å². The van der Waals surface area contributed by atoms with Crippen LogP contribution in [-0.4, -0.2) is 35.9 Å². The Labute approximate surface area is 152 Å². The predicted octanol–water partition coefficient (Wildman–Crippen LogP) is 3.37. The van der Waals surface area contributed by atoms with Crippen molar-refractivity contribution in [2.45, 2.75) is 20.4 Å². The highest BCUT2D eigenvalue weighted by Crippen LogP contribution is 2.28. The Balaban J connectivity index is 2.03. The van der Waals surface area contributed by atoms with Gasteiger partial charge in [0.25, 0.3) is 5.69 Å². The number of amides is 1. The van der Waals surface area contributed by atoms with E-state index in [1.165, 1.54) is 30.9 Å². The van der Waals surface area contributed by atoms with Crippen LogP contribution in [0.4, 0.5) is 11.4 Å². The summed E-state index contributed by atoms with van der Waals surface area (Å²) in [6, 6.07) is 12.3. The normalized spacial score (nSPS) is 10.6. The standard InChI is InChI=1S/C19H23N3O4/c1-4-21(12-15-7-5-6-14(2)10-15)13-19(23)20-17-9-8-16(22(24)25)11-18(17)26-3/h5-11H,4,12-13H2,1-3H3,(H,20,23). The van der Waals surface area contributed by atoms with Gasteiger partial charge < -0.3 is 10.1 Å². The lowest BCUT2D eigenvalue weighted by atomic mass is 10.1. The molecule has 0 fully saturated rings. The summed E-state index contributed by atoms with van der Waals surface area (Å²) in [6.07, 6.45) is 0. The van der Waals surface area contributed by atoms with Gasteiger partial charge in [-0.3, -0.25) is 19.8 Å². The fourth-order valence-corrected chi connectivity index (χ4v) is 2.64. The van der Waals surface area contributed by atoms with Crippen molar-refractivity contribution < 1.29 is 14.5 Å². The minimum absolute atomic E-state index is 0.0884. The number of nitrogens with one attached hydrogen (secondary N) is 1. The number of rotatable bonds is 8. The van der Waals surface area contributed by atoms with Crippen LogP contribution in [0.1, 0.15) is 18.1 Å². The van der Waals surface area contributed by atoms with E-state index in [9.17, 15) is 14.9 Å². The summed E-state index contributed by atoms with van der Waals surface area (Å²) in [5.74, 6) is 0.0564. The summed E-state index contributed by atoms with van der Waals surface area (Å²) in [5, 5.41) is 13.6. The minimum atomic E-state index is -0.505. The molecule has 1 N–H and O–H groups in total. The Morgan fingerprint density at radius 3 is 2.65 bits per heavy atom. The molecule has 0 aliphatic heterocycles. The lowest BCUT2D eigenvalue weighted by molar-refractivity contribution is -0.384. The van der Waals surface area contributed by atoms with Gasteiger partial charge in [0.1, 0.15) is 5.75 Å². The number of non-ortho nitro benzene ring substituents is 1. The van der Waals surface area contributed by atoms with Gasteiger partial charge in [-0.1, -0.05) is 36.8 Å². The van der Waals surface area contributed by atoms with Gasteiger partial charge in [0.2, 0.25) is 5.91 Å². The number of aryl methyl sites for hydroxylation is 1. The molecule has 0 saturated heterocycles. The number of likely N-dealkylation sites (N-methyl/N-ethyl adjacent to an activating group) is 1. The van der Waals surface area contributed by atoms with Crippen molar-refractivity contribution in [3.05, 3.63) is 63.7 Å². The summed E-state index contributed by atoms with van der Waals surface area (Å²) < 4.78 is 5.14. The third-order valence-corrected chi connectivity index (χ3v) is 3.97. The Hall–Kier alpha value is -2.93. The van der Waals surface area contributed by atoms with Crippen molar-refractivity contribution >= 4 is 17.3 Å². The Morgan fingerprint density at radius 2 is 2.04 bits per heavy atom. The molecule has 0 radical (unpaired) electrons. The molecule has 2 rings (SSSR count). The van der Waals surface area contributed by atoms with Gasteiger partial charge in [-0.2, -0.15) is 0 Å². The van der Waals surface area contributed by atoms with Crippen LogP contribution in [0.5, 0.6) is 5.75 Å². The maximum absolute atomic E-state index is 12.4. The van der Waals surface area contributed by atoms with E-state index in [4.69, 9.17) is 4.74 Å².